The summed E-state index contributed by atoms with van der Waals surface area (Å²) >= 11 is 0. The highest BCUT2D eigenvalue weighted by atomic mass is 19.4. The summed E-state index contributed by atoms with van der Waals surface area (Å²) in [5, 5.41) is 15.6. The molecule has 1 aliphatic heterocycles. The van der Waals surface area contributed by atoms with E-state index in [0.29, 0.717) is 12.6 Å². The van der Waals surface area contributed by atoms with Gasteiger partial charge in [0.2, 0.25) is 5.96 Å². The lowest BCUT2D eigenvalue weighted by Crippen LogP contribution is -2.38. The highest BCUT2D eigenvalue weighted by molar-refractivity contribution is 6.02. The molecule has 0 amide bonds. The van der Waals surface area contributed by atoms with Crippen LogP contribution in [0.15, 0.2) is 64.8 Å². The van der Waals surface area contributed by atoms with Gasteiger partial charge < -0.3 is 20.1 Å². The highest BCUT2D eigenvalue weighted by Crippen LogP contribution is 2.28. The lowest BCUT2D eigenvalue weighted by molar-refractivity contribution is -0.192. The number of rotatable bonds is 5. The van der Waals surface area contributed by atoms with E-state index in [9.17, 15) is 13.2 Å². The van der Waals surface area contributed by atoms with E-state index in [1.165, 1.54) is 0 Å². The van der Waals surface area contributed by atoms with Gasteiger partial charge in [-0.25, -0.2) is 10.2 Å². The Bertz CT molecular complexity index is 1130. The molecular weight excluding hydrogens is 439 g/mol. The van der Waals surface area contributed by atoms with Gasteiger partial charge in [0, 0.05) is 30.4 Å². The number of aliphatic carboxylic acids is 1. The second kappa shape index (κ2) is 11.0. The summed E-state index contributed by atoms with van der Waals surface area (Å²) in [7, 11) is 0. The zero-order valence-electron chi connectivity index (χ0n) is 17.4. The number of hydrogen-bond acceptors (Lipinski definition) is 6. The van der Waals surface area contributed by atoms with Crippen LogP contribution >= 0.6 is 0 Å². The van der Waals surface area contributed by atoms with Crippen molar-refractivity contribution >= 4 is 29.0 Å². The van der Waals surface area contributed by atoms with Crippen LogP contribution in [0.4, 0.5) is 13.2 Å². The number of carboxylic acids is 1. The molecule has 4 N–H and O–H groups in total. The molecule has 2 aromatic carbocycles. The SMILES string of the molecule is C(=NNC1=NCCCN1)c1c[nH]c2cccc(OCc3ccccc3)c12.O=C(O)C(F)(F)F. The molecule has 1 aliphatic rings. The molecule has 0 fully saturated rings. The second-order valence-corrected chi connectivity index (χ2v) is 6.88. The molecule has 0 saturated heterocycles. The number of fused-ring (bicyclic) bond motifs is 1. The van der Waals surface area contributed by atoms with Gasteiger partial charge in [-0.15, -0.1) is 0 Å². The van der Waals surface area contributed by atoms with Crippen molar-refractivity contribution < 1.29 is 27.8 Å². The third-order valence-electron chi connectivity index (χ3n) is 4.45. The monoisotopic (exact) mass is 461 g/mol. The average molecular weight is 461 g/mol. The van der Waals surface area contributed by atoms with Crippen LogP contribution in [0.5, 0.6) is 5.75 Å². The molecule has 8 nitrogen and oxygen atoms in total. The Labute approximate surface area is 187 Å². The first kappa shape index (κ1) is 23.6. The largest absolute Gasteiger partial charge is 0.490 e. The summed E-state index contributed by atoms with van der Waals surface area (Å²) in [5.74, 6) is -1.21. The molecule has 1 aromatic heterocycles. The Kier molecular flexibility index (Phi) is 7.90. The summed E-state index contributed by atoms with van der Waals surface area (Å²) in [6.45, 7) is 2.28. The fraction of sp³-hybridized carbons (Fsp3) is 0.227. The number of aromatic amines is 1. The number of hydrazone groups is 1. The van der Waals surface area contributed by atoms with Crippen LogP contribution in [-0.2, 0) is 11.4 Å². The van der Waals surface area contributed by atoms with E-state index in [1.807, 2.05) is 42.6 Å². The third kappa shape index (κ3) is 6.99. The number of carboxylic acid groups (broad SMARTS) is 1. The van der Waals surface area contributed by atoms with Crippen LogP contribution in [0.2, 0.25) is 0 Å². The van der Waals surface area contributed by atoms with E-state index in [-0.39, 0.29) is 0 Å². The first-order chi connectivity index (χ1) is 15.8. The quantitative estimate of drug-likeness (QED) is 0.342. The maximum Gasteiger partial charge on any atom is 0.490 e. The van der Waals surface area contributed by atoms with Crippen LogP contribution < -0.4 is 15.5 Å². The second-order valence-electron chi connectivity index (χ2n) is 6.88. The molecule has 11 heteroatoms. The van der Waals surface area contributed by atoms with Crippen molar-refractivity contribution in [2.75, 3.05) is 13.1 Å². The van der Waals surface area contributed by atoms with E-state index in [2.05, 4.69) is 38.0 Å². The number of carbonyl (C=O) groups is 1. The van der Waals surface area contributed by atoms with Crippen LogP contribution in [0, 0.1) is 0 Å². The Morgan fingerprint density at radius 1 is 1.21 bits per heavy atom. The van der Waals surface area contributed by atoms with Gasteiger partial charge in [0.25, 0.3) is 0 Å². The van der Waals surface area contributed by atoms with Crippen LogP contribution in [-0.4, -0.2) is 47.5 Å². The number of aromatic nitrogens is 1. The number of nitrogens with one attached hydrogen (secondary N) is 3. The number of nitrogens with zero attached hydrogens (tertiary/aromatic N) is 2. The smallest absolute Gasteiger partial charge is 0.488 e. The number of H-pyrrole nitrogens is 1. The molecule has 0 unspecified atom stereocenters. The predicted octanol–water partition coefficient (Wildman–Crippen LogP) is 3.65. The molecule has 0 bridgehead atoms. The van der Waals surface area contributed by atoms with E-state index in [1.54, 1.807) is 6.21 Å². The molecule has 0 spiro atoms. The highest BCUT2D eigenvalue weighted by Gasteiger charge is 2.38. The summed E-state index contributed by atoms with van der Waals surface area (Å²) in [6, 6.07) is 16.1. The van der Waals surface area contributed by atoms with Gasteiger partial charge in [0.05, 0.1) is 11.6 Å². The van der Waals surface area contributed by atoms with Gasteiger partial charge in [0.1, 0.15) is 12.4 Å². The fourth-order valence-electron chi connectivity index (χ4n) is 2.90. The molecule has 0 atom stereocenters. The van der Waals surface area contributed by atoms with Gasteiger partial charge in [0.15, 0.2) is 0 Å². The number of aliphatic imine (C=N–C) groups is 1. The lowest BCUT2D eigenvalue weighted by atomic mass is 10.1. The van der Waals surface area contributed by atoms with Crippen LogP contribution in [0.25, 0.3) is 10.9 Å². The van der Waals surface area contributed by atoms with Crippen molar-refractivity contribution in [2.24, 2.45) is 10.1 Å². The molecule has 174 valence electrons. The summed E-state index contributed by atoms with van der Waals surface area (Å²) in [6.07, 6.45) is -0.312. The average Bonchev–Trinajstić information content (AvgIpc) is 3.23. The number of benzene rings is 2. The maximum atomic E-state index is 10.6. The normalized spacial score (nSPS) is 13.6. The third-order valence-corrected chi connectivity index (χ3v) is 4.45. The number of ether oxygens (including phenoxy) is 1. The van der Waals surface area contributed by atoms with Crippen LogP contribution in [0.1, 0.15) is 17.5 Å². The van der Waals surface area contributed by atoms with Gasteiger partial charge in [-0.05, 0) is 24.1 Å². The standard InChI is InChI=1S/C20H21N5O.C2HF3O2/c1-2-6-15(7-3-1)14-26-18-9-4-8-17-19(18)16(12-23-17)13-24-25-20-21-10-5-11-22-20;3-2(4,5)1(6)7/h1-4,6-9,12-13,23H,5,10-11,14H2,(H2,21,22,25);(H,6,7). The summed E-state index contributed by atoms with van der Waals surface area (Å²) in [4.78, 5) is 16.5. The topological polar surface area (TPSA) is 111 Å². The molecular formula is C22H22F3N5O3. The summed E-state index contributed by atoms with van der Waals surface area (Å²) in [5.41, 5.74) is 6.08. The Hall–Kier alpha value is -4.02. The Balaban J connectivity index is 0.000000383. The van der Waals surface area contributed by atoms with Gasteiger partial charge in [-0.3, -0.25) is 4.99 Å². The Morgan fingerprint density at radius 2 is 1.97 bits per heavy atom. The van der Waals surface area contributed by atoms with E-state index in [0.717, 1.165) is 47.3 Å². The van der Waals surface area contributed by atoms with Crippen molar-refractivity contribution in [3.05, 3.63) is 65.9 Å². The number of hydrogen-bond donors (Lipinski definition) is 4. The fourth-order valence-corrected chi connectivity index (χ4v) is 2.90. The first-order valence-corrected chi connectivity index (χ1v) is 9.99. The van der Waals surface area contributed by atoms with Crippen molar-refractivity contribution in [1.29, 1.82) is 0 Å². The molecule has 3 aromatic rings. The minimum Gasteiger partial charge on any atom is -0.488 e. The van der Waals surface area contributed by atoms with Gasteiger partial charge >= 0.3 is 12.1 Å². The molecule has 4 rings (SSSR count). The minimum absolute atomic E-state index is 0.528. The molecule has 33 heavy (non-hydrogen) atoms. The number of guanidine groups is 1. The van der Waals surface area contributed by atoms with Gasteiger partial charge in [-0.1, -0.05) is 36.4 Å². The molecule has 0 aliphatic carbocycles. The van der Waals surface area contributed by atoms with Crippen LogP contribution in [0.3, 0.4) is 0 Å². The predicted molar refractivity (Wildman–Crippen MR) is 118 cm³/mol. The number of halogens is 3. The van der Waals surface area contributed by atoms with Crippen molar-refractivity contribution in [2.45, 2.75) is 19.2 Å². The molecule has 0 saturated carbocycles. The van der Waals surface area contributed by atoms with E-state index >= 15 is 0 Å². The zero-order valence-corrected chi connectivity index (χ0v) is 17.4. The van der Waals surface area contributed by atoms with Crippen molar-refractivity contribution in [3.8, 4) is 5.75 Å². The minimum atomic E-state index is -5.08. The first-order valence-electron chi connectivity index (χ1n) is 9.99. The van der Waals surface area contributed by atoms with Crippen molar-refractivity contribution in [3.63, 3.8) is 0 Å². The zero-order chi connectivity index (χ0) is 23.7. The van der Waals surface area contributed by atoms with E-state index in [4.69, 9.17) is 14.6 Å². The van der Waals surface area contributed by atoms with Gasteiger partial charge in [-0.2, -0.15) is 18.3 Å². The maximum absolute atomic E-state index is 10.6. The Morgan fingerprint density at radius 3 is 2.64 bits per heavy atom. The lowest BCUT2D eigenvalue weighted by Gasteiger charge is -2.12. The van der Waals surface area contributed by atoms with Crippen molar-refractivity contribution in [1.82, 2.24) is 15.7 Å². The number of alkyl halides is 3. The summed E-state index contributed by atoms with van der Waals surface area (Å²) < 4.78 is 37.8. The molecule has 0 radical (unpaired) electrons. The van der Waals surface area contributed by atoms with E-state index < -0.39 is 12.1 Å². The molecule has 2 heterocycles.